The molecule has 0 fully saturated rings. The number of benzene rings is 1. The van der Waals surface area contributed by atoms with Crippen LogP contribution in [0, 0.1) is 0 Å². The summed E-state index contributed by atoms with van der Waals surface area (Å²) in [7, 11) is 0. The molecule has 2 atom stereocenters. The Morgan fingerprint density at radius 1 is 1.44 bits per heavy atom. The Hall–Kier alpha value is -0.770. The van der Waals surface area contributed by atoms with Crippen LogP contribution < -0.4 is 16.0 Å². The lowest BCUT2D eigenvalue weighted by Crippen LogP contribution is -2.37. The zero-order chi connectivity index (χ0) is 12.8. The van der Waals surface area contributed by atoms with Crippen LogP contribution in [-0.4, -0.2) is 18.5 Å². The number of alkyl halides is 1. The van der Waals surface area contributed by atoms with Crippen LogP contribution in [0.25, 0.3) is 0 Å². The van der Waals surface area contributed by atoms with Gasteiger partial charge in [-0.3, -0.25) is 11.3 Å². The Bertz CT molecular complexity index is 373. The SMILES string of the molecule is NNC(CCCCl)CC1CCOc2ccccc21. The maximum Gasteiger partial charge on any atom is 0.122 e. The minimum atomic E-state index is 0.333. The lowest BCUT2D eigenvalue weighted by molar-refractivity contribution is 0.253. The van der Waals surface area contributed by atoms with Gasteiger partial charge in [0.05, 0.1) is 6.61 Å². The third-order valence-corrected chi connectivity index (χ3v) is 3.84. The fraction of sp³-hybridized carbons (Fsp3) is 0.571. The summed E-state index contributed by atoms with van der Waals surface area (Å²) in [6.07, 6.45) is 4.14. The van der Waals surface area contributed by atoms with E-state index in [0.717, 1.165) is 38.0 Å². The molecule has 1 aromatic carbocycles. The van der Waals surface area contributed by atoms with E-state index in [2.05, 4.69) is 17.6 Å². The van der Waals surface area contributed by atoms with Crippen LogP contribution in [0.2, 0.25) is 0 Å². The molecule has 0 aromatic heterocycles. The summed E-state index contributed by atoms with van der Waals surface area (Å²) in [5.74, 6) is 7.89. The second kappa shape index (κ2) is 6.98. The molecule has 1 aliphatic heterocycles. The highest BCUT2D eigenvalue weighted by Gasteiger charge is 2.23. The molecule has 1 heterocycles. The number of nitrogens with two attached hydrogens (primary N) is 1. The summed E-state index contributed by atoms with van der Waals surface area (Å²) < 4.78 is 5.68. The lowest BCUT2D eigenvalue weighted by atomic mass is 9.86. The van der Waals surface area contributed by atoms with Gasteiger partial charge in [-0.2, -0.15) is 0 Å². The predicted octanol–water partition coefficient (Wildman–Crippen LogP) is 2.79. The molecular weight excluding hydrogens is 248 g/mol. The van der Waals surface area contributed by atoms with Crippen molar-refractivity contribution in [2.75, 3.05) is 12.5 Å². The minimum absolute atomic E-state index is 0.333. The summed E-state index contributed by atoms with van der Waals surface area (Å²) in [5.41, 5.74) is 4.23. The van der Waals surface area contributed by atoms with Crippen molar-refractivity contribution >= 4 is 11.6 Å². The molecule has 0 aliphatic carbocycles. The first kappa shape index (κ1) is 13.7. The molecule has 0 spiro atoms. The number of hydrogen-bond acceptors (Lipinski definition) is 3. The maximum absolute atomic E-state index is 5.74. The van der Waals surface area contributed by atoms with Crippen molar-refractivity contribution in [3.05, 3.63) is 29.8 Å². The van der Waals surface area contributed by atoms with E-state index in [4.69, 9.17) is 22.2 Å². The zero-order valence-corrected chi connectivity index (χ0v) is 11.3. The first-order chi connectivity index (χ1) is 8.85. The van der Waals surface area contributed by atoms with Gasteiger partial charge in [-0.05, 0) is 43.2 Å². The highest BCUT2D eigenvalue weighted by Crippen LogP contribution is 2.36. The van der Waals surface area contributed by atoms with Crippen LogP contribution in [0.3, 0.4) is 0 Å². The maximum atomic E-state index is 5.74. The summed E-state index contributed by atoms with van der Waals surface area (Å²) in [6.45, 7) is 0.800. The Morgan fingerprint density at radius 3 is 3.06 bits per heavy atom. The first-order valence-electron chi connectivity index (χ1n) is 6.59. The number of hydrogen-bond donors (Lipinski definition) is 2. The quantitative estimate of drug-likeness (QED) is 0.474. The molecule has 0 radical (unpaired) electrons. The molecule has 3 nitrogen and oxygen atoms in total. The Balaban J connectivity index is 2.01. The van der Waals surface area contributed by atoms with E-state index in [9.17, 15) is 0 Å². The lowest BCUT2D eigenvalue weighted by Gasteiger charge is -2.28. The first-order valence-corrected chi connectivity index (χ1v) is 7.12. The van der Waals surface area contributed by atoms with Gasteiger partial charge >= 0.3 is 0 Å². The van der Waals surface area contributed by atoms with Gasteiger partial charge in [0.15, 0.2) is 0 Å². The topological polar surface area (TPSA) is 47.3 Å². The minimum Gasteiger partial charge on any atom is -0.493 e. The third kappa shape index (κ3) is 3.37. The normalized spacial score (nSPS) is 20.0. The predicted molar refractivity (Wildman–Crippen MR) is 75.0 cm³/mol. The van der Waals surface area contributed by atoms with Gasteiger partial charge in [0.1, 0.15) is 5.75 Å². The Kier molecular flexibility index (Phi) is 5.29. The molecule has 0 amide bonds. The van der Waals surface area contributed by atoms with Crippen molar-refractivity contribution in [3.8, 4) is 5.75 Å². The monoisotopic (exact) mass is 268 g/mol. The second-order valence-electron chi connectivity index (χ2n) is 4.80. The molecule has 4 heteroatoms. The van der Waals surface area contributed by atoms with E-state index in [1.54, 1.807) is 0 Å². The Labute approximate surface area is 114 Å². The molecular formula is C14H21ClN2O. The smallest absolute Gasteiger partial charge is 0.122 e. The van der Waals surface area contributed by atoms with E-state index in [1.807, 2.05) is 12.1 Å². The summed E-state index contributed by atoms with van der Waals surface area (Å²) in [6, 6.07) is 8.64. The van der Waals surface area contributed by atoms with Gasteiger partial charge in [0.25, 0.3) is 0 Å². The van der Waals surface area contributed by atoms with Gasteiger partial charge in [-0.15, -0.1) is 11.6 Å². The average molecular weight is 269 g/mol. The van der Waals surface area contributed by atoms with Crippen molar-refractivity contribution in [2.45, 2.75) is 37.6 Å². The van der Waals surface area contributed by atoms with Gasteiger partial charge in [0.2, 0.25) is 0 Å². The molecule has 0 saturated heterocycles. The van der Waals surface area contributed by atoms with Crippen molar-refractivity contribution in [2.24, 2.45) is 5.84 Å². The van der Waals surface area contributed by atoms with Gasteiger partial charge in [-0.1, -0.05) is 18.2 Å². The molecule has 0 bridgehead atoms. The molecule has 2 unspecified atom stereocenters. The van der Waals surface area contributed by atoms with E-state index in [1.165, 1.54) is 5.56 Å². The number of para-hydroxylation sites is 1. The van der Waals surface area contributed by atoms with Crippen LogP contribution in [0.1, 0.15) is 37.2 Å². The molecule has 0 saturated carbocycles. The van der Waals surface area contributed by atoms with E-state index in [-0.39, 0.29) is 0 Å². The van der Waals surface area contributed by atoms with Crippen LogP contribution in [-0.2, 0) is 0 Å². The van der Waals surface area contributed by atoms with Crippen LogP contribution in [0.15, 0.2) is 24.3 Å². The molecule has 2 rings (SSSR count). The summed E-state index contributed by atoms with van der Waals surface area (Å²) in [4.78, 5) is 0. The Morgan fingerprint density at radius 2 is 2.28 bits per heavy atom. The van der Waals surface area contributed by atoms with E-state index in [0.29, 0.717) is 17.8 Å². The van der Waals surface area contributed by atoms with Crippen molar-refractivity contribution in [1.82, 2.24) is 5.43 Å². The zero-order valence-electron chi connectivity index (χ0n) is 10.6. The summed E-state index contributed by atoms with van der Waals surface area (Å²) >= 11 is 5.74. The fourth-order valence-corrected chi connectivity index (χ4v) is 2.75. The largest absolute Gasteiger partial charge is 0.493 e. The van der Waals surface area contributed by atoms with Gasteiger partial charge in [-0.25, -0.2) is 0 Å². The number of rotatable bonds is 6. The number of ether oxygens (including phenoxy) is 1. The molecule has 1 aromatic rings. The number of hydrazine groups is 1. The third-order valence-electron chi connectivity index (χ3n) is 3.57. The second-order valence-corrected chi connectivity index (χ2v) is 5.18. The molecule has 100 valence electrons. The van der Waals surface area contributed by atoms with Crippen LogP contribution in [0.4, 0.5) is 0 Å². The fourth-order valence-electron chi connectivity index (χ4n) is 2.60. The molecule has 1 aliphatic rings. The van der Waals surface area contributed by atoms with Crippen molar-refractivity contribution in [3.63, 3.8) is 0 Å². The number of fused-ring (bicyclic) bond motifs is 1. The van der Waals surface area contributed by atoms with Crippen LogP contribution >= 0.6 is 11.6 Å². The van der Waals surface area contributed by atoms with E-state index < -0.39 is 0 Å². The van der Waals surface area contributed by atoms with Crippen LogP contribution in [0.5, 0.6) is 5.75 Å². The van der Waals surface area contributed by atoms with Gasteiger partial charge < -0.3 is 4.74 Å². The van der Waals surface area contributed by atoms with Gasteiger partial charge in [0, 0.05) is 11.9 Å². The average Bonchev–Trinajstić information content (AvgIpc) is 2.43. The molecule has 3 N–H and O–H groups in total. The number of nitrogens with one attached hydrogen (secondary N) is 1. The summed E-state index contributed by atoms with van der Waals surface area (Å²) in [5, 5.41) is 0. The standard InChI is InChI=1S/C14H21ClN2O/c15-8-3-4-12(17-16)10-11-7-9-18-14-6-2-1-5-13(11)14/h1-2,5-6,11-12,17H,3-4,7-10,16H2. The highest BCUT2D eigenvalue weighted by atomic mass is 35.5. The van der Waals surface area contributed by atoms with E-state index >= 15 is 0 Å². The molecule has 18 heavy (non-hydrogen) atoms. The number of halogens is 1. The van der Waals surface area contributed by atoms with Crippen molar-refractivity contribution in [1.29, 1.82) is 0 Å². The van der Waals surface area contributed by atoms with Crippen molar-refractivity contribution < 1.29 is 4.74 Å². The highest BCUT2D eigenvalue weighted by molar-refractivity contribution is 6.17.